The predicted molar refractivity (Wildman–Crippen MR) is 86.4 cm³/mol. The zero-order valence-electron chi connectivity index (χ0n) is 13.8. The van der Waals surface area contributed by atoms with Crippen LogP contribution in [-0.2, 0) is 16.2 Å². The summed E-state index contributed by atoms with van der Waals surface area (Å²) in [5.74, 6) is 0.188. The number of Topliss-reactive ketones (excluding diaryl/α,β-unsaturated/α-hetero) is 1. The molecule has 0 spiro atoms. The highest BCUT2D eigenvalue weighted by Gasteiger charge is 2.48. The maximum Gasteiger partial charge on any atom is 0.344 e. The molecule has 3 rings (SSSR count). The number of ketones is 1. The lowest BCUT2D eigenvalue weighted by Gasteiger charge is -2.30. The molecule has 2 fully saturated rings. The maximum absolute atomic E-state index is 12.6. The fourth-order valence-corrected chi connectivity index (χ4v) is 3.34. The Kier molecular flexibility index (Phi) is 4.66. The molecule has 2 heterocycles. The first-order chi connectivity index (χ1) is 11.1. The van der Waals surface area contributed by atoms with Crippen molar-refractivity contribution >= 4 is 11.8 Å². The second-order valence-electron chi connectivity index (χ2n) is 6.48. The van der Waals surface area contributed by atoms with E-state index in [-0.39, 0.29) is 29.8 Å². The highest BCUT2D eigenvalue weighted by molar-refractivity contribution is 5.91. The molecular formula is C18H24N2O3. The Morgan fingerprint density at radius 1 is 1.30 bits per heavy atom. The molecule has 3 unspecified atom stereocenters. The van der Waals surface area contributed by atoms with E-state index in [1.165, 1.54) is 5.06 Å². The number of hydroxylamine groups is 2. The van der Waals surface area contributed by atoms with Gasteiger partial charge in [-0.2, -0.15) is 5.06 Å². The Hall–Kier alpha value is -1.88. The minimum Gasteiger partial charge on any atom is -0.311 e. The zero-order chi connectivity index (χ0) is 16.4. The zero-order valence-corrected chi connectivity index (χ0v) is 13.8. The summed E-state index contributed by atoms with van der Waals surface area (Å²) < 4.78 is 0. The van der Waals surface area contributed by atoms with E-state index in [4.69, 9.17) is 4.84 Å². The summed E-state index contributed by atoms with van der Waals surface area (Å²) in [6.07, 6.45) is 2.38. The number of carbonyl (C=O) groups is 2. The molecule has 2 bridgehead atoms. The number of rotatable bonds is 6. The summed E-state index contributed by atoms with van der Waals surface area (Å²) in [6.45, 7) is 4.93. The van der Waals surface area contributed by atoms with Crippen molar-refractivity contribution < 1.29 is 14.4 Å². The van der Waals surface area contributed by atoms with Gasteiger partial charge in [0.1, 0.15) is 6.61 Å². The minimum atomic E-state index is -0.279. The van der Waals surface area contributed by atoms with Gasteiger partial charge in [0.05, 0.1) is 12.1 Å². The van der Waals surface area contributed by atoms with Crippen LogP contribution in [0.1, 0.15) is 38.7 Å². The van der Waals surface area contributed by atoms with Gasteiger partial charge in [-0.05, 0) is 24.8 Å². The van der Waals surface area contributed by atoms with Gasteiger partial charge in [0.15, 0.2) is 5.78 Å². The summed E-state index contributed by atoms with van der Waals surface area (Å²) in [7, 11) is 0. The second-order valence-corrected chi connectivity index (χ2v) is 6.48. The lowest BCUT2D eigenvalue weighted by molar-refractivity contribution is -0.140. The van der Waals surface area contributed by atoms with E-state index in [0.29, 0.717) is 13.2 Å². The average Bonchev–Trinajstić information content (AvgIpc) is 2.84. The number of hydrogen-bond donors (Lipinski definition) is 0. The standard InChI is InChI=1S/C18H24N2O3/c1-3-13(2)17(21)16-10-9-15-11-19(16)18(22)20(15)23-12-14-7-5-4-6-8-14/h4-8,13,15-16H,3,9-12H2,1-2H3. The summed E-state index contributed by atoms with van der Waals surface area (Å²) >= 11 is 0. The van der Waals surface area contributed by atoms with Crippen molar-refractivity contribution in [2.75, 3.05) is 6.54 Å². The SMILES string of the molecule is CCC(C)C(=O)C1CCC2CN1C(=O)N2OCc1ccccc1. The number of amides is 2. The summed E-state index contributed by atoms with van der Waals surface area (Å²) in [4.78, 5) is 32.6. The molecule has 0 aromatic heterocycles. The van der Waals surface area contributed by atoms with Crippen LogP contribution in [0, 0.1) is 5.92 Å². The largest absolute Gasteiger partial charge is 0.344 e. The van der Waals surface area contributed by atoms with Crippen molar-refractivity contribution in [1.29, 1.82) is 0 Å². The van der Waals surface area contributed by atoms with Gasteiger partial charge in [-0.3, -0.25) is 9.63 Å². The fourth-order valence-electron chi connectivity index (χ4n) is 3.34. The van der Waals surface area contributed by atoms with E-state index in [2.05, 4.69) is 0 Å². The molecule has 2 aliphatic heterocycles. The van der Waals surface area contributed by atoms with Crippen LogP contribution in [0.4, 0.5) is 4.79 Å². The quantitative estimate of drug-likeness (QED) is 0.810. The van der Waals surface area contributed by atoms with Crippen LogP contribution in [-0.4, -0.2) is 40.4 Å². The van der Waals surface area contributed by atoms with Crippen LogP contribution in [0.3, 0.4) is 0 Å². The Bertz CT molecular complexity index is 575. The van der Waals surface area contributed by atoms with Crippen molar-refractivity contribution in [1.82, 2.24) is 9.96 Å². The molecule has 0 radical (unpaired) electrons. The number of fused-ring (bicyclic) bond motifs is 2. The smallest absolute Gasteiger partial charge is 0.311 e. The van der Waals surface area contributed by atoms with Crippen LogP contribution >= 0.6 is 0 Å². The normalized spacial score (nSPS) is 24.9. The minimum absolute atomic E-state index is 0.00337. The van der Waals surface area contributed by atoms with E-state index >= 15 is 0 Å². The number of nitrogens with zero attached hydrogens (tertiary/aromatic N) is 2. The number of carbonyl (C=O) groups excluding carboxylic acids is 2. The third kappa shape index (κ3) is 3.11. The molecule has 1 aromatic rings. The number of hydrogen-bond acceptors (Lipinski definition) is 3. The molecule has 2 aliphatic rings. The van der Waals surface area contributed by atoms with Gasteiger partial charge < -0.3 is 4.90 Å². The Morgan fingerprint density at radius 2 is 2.04 bits per heavy atom. The van der Waals surface area contributed by atoms with Crippen molar-refractivity contribution in [2.24, 2.45) is 5.92 Å². The van der Waals surface area contributed by atoms with E-state index < -0.39 is 0 Å². The topological polar surface area (TPSA) is 49.9 Å². The number of urea groups is 1. The first kappa shape index (κ1) is 16.0. The summed E-state index contributed by atoms with van der Waals surface area (Å²) in [6, 6.07) is 9.43. The van der Waals surface area contributed by atoms with E-state index in [1.807, 2.05) is 44.2 Å². The first-order valence-electron chi connectivity index (χ1n) is 8.42. The molecule has 1 aromatic carbocycles. The van der Waals surface area contributed by atoms with E-state index in [1.54, 1.807) is 4.90 Å². The van der Waals surface area contributed by atoms with E-state index in [0.717, 1.165) is 24.8 Å². The fraction of sp³-hybridized carbons (Fsp3) is 0.556. The Morgan fingerprint density at radius 3 is 2.74 bits per heavy atom. The maximum atomic E-state index is 12.6. The lowest BCUT2D eigenvalue weighted by atomic mass is 9.90. The van der Waals surface area contributed by atoms with Gasteiger partial charge in [0.25, 0.3) is 0 Å². The predicted octanol–water partition coefficient (Wildman–Crippen LogP) is 3.00. The Labute approximate surface area is 137 Å². The van der Waals surface area contributed by atoms with Crippen molar-refractivity contribution in [3.8, 4) is 0 Å². The first-order valence-corrected chi connectivity index (χ1v) is 8.42. The number of benzene rings is 1. The molecule has 0 aliphatic carbocycles. The van der Waals surface area contributed by atoms with Crippen LogP contribution in [0.15, 0.2) is 30.3 Å². The van der Waals surface area contributed by atoms with Crippen LogP contribution in [0.2, 0.25) is 0 Å². The van der Waals surface area contributed by atoms with Crippen LogP contribution in [0.25, 0.3) is 0 Å². The molecule has 5 heteroatoms. The summed E-state index contributed by atoms with van der Waals surface area (Å²) in [5.41, 5.74) is 1.03. The molecule has 0 saturated carbocycles. The lowest BCUT2D eigenvalue weighted by Crippen LogP contribution is -2.46. The molecule has 0 N–H and O–H groups in total. The van der Waals surface area contributed by atoms with Crippen molar-refractivity contribution in [3.05, 3.63) is 35.9 Å². The molecule has 2 saturated heterocycles. The molecule has 124 valence electrons. The van der Waals surface area contributed by atoms with Crippen LogP contribution in [0.5, 0.6) is 0 Å². The Balaban J connectivity index is 1.65. The number of piperidine rings is 1. The van der Waals surface area contributed by atoms with Gasteiger partial charge in [0, 0.05) is 12.5 Å². The van der Waals surface area contributed by atoms with Gasteiger partial charge >= 0.3 is 6.03 Å². The third-order valence-electron chi connectivity index (χ3n) is 4.96. The molecule has 2 amide bonds. The monoisotopic (exact) mass is 316 g/mol. The third-order valence-corrected chi connectivity index (χ3v) is 4.96. The average molecular weight is 316 g/mol. The highest BCUT2D eigenvalue weighted by atomic mass is 16.7. The molecular weight excluding hydrogens is 292 g/mol. The van der Waals surface area contributed by atoms with Gasteiger partial charge in [-0.25, -0.2) is 4.79 Å². The van der Waals surface area contributed by atoms with Crippen molar-refractivity contribution in [2.45, 2.75) is 51.8 Å². The van der Waals surface area contributed by atoms with E-state index in [9.17, 15) is 9.59 Å². The highest BCUT2D eigenvalue weighted by Crippen LogP contribution is 2.32. The van der Waals surface area contributed by atoms with Crippen LogP contribution < -0.4 is 0 Å². The van der Waals surface area contributed by atoms with Crippen molar-refractivity contribution in [3.63, 3.8) is 0 Å². The van der Waals surface area contributed by atoms with Gasteiger partial charge in [-0.1, -0.05) is 44.2 Å². The second kappa shape index (κ2) is 6.71. The molecule has 5 nitrogen and oxygen atoms in total. The molecule has 23 heavy (non-hydrogen) atoms. The van der Waals surface area contributed by atoms with Gasteiger partial charge in [-0.15, -0.1) is 0 Å². The summed E-state index contributed by atoms with van der Waals surface area (Å²) in [5, 5.41) is 1.48. The molecule has 3 atom stereocenters. The van der Waals surface area contributed by atoms with Gasteiger partial charge in [0.2, 0.25) is 0 Å².